The molecule has 0 saturated heterocycles. The summed E-state index contributed by atoms with van der Waals surface area (Å²) >= 11 is 3.22. The van der Waals surface area contributed by atoms with E-state index in [0.29, 0.717) is 15.4 Å². The largest absolute Gasteiger partial charge is 0.481 e. The van der Waals surface area contributed by atoms with E-state index in [-0.39, 0.29) is 24.2 Å². The van der Waals surface area contributed by atoms with Crippen LogP contribution in [-0.2, 0) is 4.79 Å². The molecular formula is C16H16BrFN2O3. The molecule has 1 saturated carbocycles. The molecule has 0 aliphatic heterocycles. The fourth-order valence-corrected chi connectivity index (χ4v) is 3.02. The van der Waals surface area contributed by atoms with E-state index < -0.39 is 17.7 Å². The Morgan fingerprint density at radius 2 is 2.13 bits per heavy atom. The highest BCUT2D eigenvalue weighted by atomic mass is 79.9. The number of fused-ring (bicyclic) bond motifs is 1. The van der Waals surface area contributed by atoms with Crippen molar-refractivity contribution in [3.05, 3.63) is 34.2 Å². The van der Waals surface area contributed by atoms with Crippen LogP contribution in [0.1, 0.15) is 30.3 Å². The van der Waals surface area contributed by atoms with Crippen LogP contribution >= 0.6 is 15.9 Å². The molecule has 0 bridgehead atoms. The van der Waals surface area contributed by atoms with Crippen LogP contribution in [0.4, 0.5) is 4.39 Å². The SMILES string of the molecule is CC(CN(C(=O)c1cc2c(F)cc(Br)cc2[nH]1)C1CC1)C(=O)O. The van der Waals surface area contributed by atoms with Crippen molar-refractivity contribution in [2.75, 3.05) is 6.54 Å². The summed E-state index contributed by atoms with van der Waals surface area (Å²) in [6.07, 6.45) is 1.75. The Hall–Kier alpha value is -1.89. The van der Waals surface area contributed by atoms with Crippen molar-refractivity contribution in [2.24, 2.45) is 5.92 Å². The summed E-state index contributed by atoms with van der Waals surface area (Å²) in [5.74, 6) is -2.28. The highest BCUT2D eigenvalue weighted by Crippen LogP contribution is 2.30. The molecule has 1 aliphatic rings. The number of carbonyl (C=O) groups excluding carboxylic acids is 1. The fourth-order valence-electron chi connectivity index (χ4n) is 2.59. The van der Waals surface area contributed by atoms with Gasteiger partial charge in [0.25, 0.3) is 5.91 Å². The first-order valence-electron chi connectivity index (χ1n) is 7.38. The van der Waals surface area contributed by atoms with Crippen molar-refractivity contribution in [1.29, 1.82) is 0 Å². The van der Waals surface area contributed by atoms with Crippen LogP contribution in [0.5, 0.6) is 0 Å². The van der Waals surface area contributed by atoms with Crippen molar-refractivity contribution in [2.45, 2.75) is 25.8 Å². The van der Waals surface area contributed by atoms with Gasteiger partial charge < -0.3 is 15.0 Å². The zero-order chi connectivity index (χ0) is 16.7. The number of amides is 1. The molecule has 1 aliphatic carbocycles. The fraction of sp³-hybridized carbons (Fsp3) is 0.375. The van der Waals surface area contributed by atoms with Crippen molar-refractivity contribution >= 4 is 38.7 Å². The zero-order valence-corrected chi connectivity index (χ0v) is 14.1. The lowest BCUT2D eigenvalue weighted by Crippen LogP contribution is -2.38. The second-order valence-corrected chi connectivity index (χ2v) is 6.88. The highest BCUT2D eigenvalue weighted by molar-refractivity contribution is 9.10. The average molecular weight is 383 g/mol. The summed E-state index contributed by atoms with van der Waals surface area (Å²) in [5.41, 5.74) is 0.809. The highest BCUT2D eigenvalue weighted by Gasteiger charge is 2.35. The number of hydrogen-bond donors (Lipinski definition) is 2. The van der Waals surface area contributed by atoms with Gasteiger partial charge in [-0.25, -0.2) is 4.39 Å². The van der Waals surface area contributed by atoms with Crippen molar-refractivity contribution in [1.82, 2.24) is 9.88 Å². The van der Waals surface area contributed by atoms with E-state index in [2.05, 4.69) is 20.9 Å². The second-order valence-electron chi connectivity index (χ2n) is 5.96. The first-order valence-corrected chi connectivity index (χ1v) is 8.17. The number of H-pyrrole nitrogens is 1. The van der Waals surface area contributed by atoms with E-state index in [0.717, 1.165) is 12.8 Å². The number of halogens is 2. The van der Waals surface area contributed by atoms with Gasteiger partial charge in [-0.15, -0.1) is 0 Å². The van der Waals surface area contributed by atoms with Gasteiger partial charge in [-0.2, -0.15) is 0 Å². The molecule has 7 heteroatoms. The van der Waals surface area contributed by atoms with Crippen LogP contribution < -0.4 is 0 Å². The maximum atomic E-state index is 14.0. The number of carbonyl (C=O) groups is 2. The summed E-state index contributed by atoms with van der Waals surface area (Å²) in [5, 5.41) is 9.41. The Bertz CT molecular complexity index is 785. The third-order valence-electron chi connectivity index (χ3n) is 4.02. The number of rotatable bonds is 5. The van der Waals surface area contributed by atoms with Gasteiger partial charge in [0.2, 0.25) is 0 Å². The molecule has 1 atom stereocenters. The number of aliphatic carboxylic acids is 1. The Morgan fingerprint density at radius 3 is 2.74 bits per heavy atom. The summed E-state index contributed by atoms with van der Waals surface area (Å²) in [6, 6.07) is 4.61. The minimum atomic E-state index is -0.935. The topological polar surface area (TPSA) is 73.4 Å². The number of carboxylic acid groups (broad SMARTS) is 1. The molecule has 0 radical (unpaired) electrons. The molecule has 3 rings (SSSR count). The predicted molar refractivity (Wildman–Crippen MR) is 86.8 cm³/mol. The Morgan fingerprint density at radius 1 is 1.43 bits per heavy atom. The predicted octanol–water partition coefficient (Wildman–Crippen LogP) is 3.39. The molecule has 1 fully saturated rings. The summed E-state index contributed by atoms with van der Waals surface area (Å²) in [6.45, 7) is 1.73. The van der Waals surface area contributed by atoms with Gasteiger partial charge in [-0.1, -0.05) is 22.9 Å². The summed E-state index contributed by atoms with van der Waals surface area (Å²) in [4.78, 5) is 28.3. The Balaban J connectivity index is 1.91. The van der Waals surface area contributed by atoms with Crippen molar-refractivity contribution in [3.63, 3.8) is 0 Å². The van der Waals surface area contributed by atoms with Crippen LogP contribution in [-0.4, -0.2) is 39.5 Å². The quantitative estimate of drug-likeness (QED) is 0.831. The number of hydrogen-bond acceptors (Lipinski definition) is 2. The van der Waals surface area contributed by atoms with E-state index >= 15 is 0 Å². The molecule has 1 unspecified atom stereocenters. The summed E-state index contributed by atoms with van der Waals surface area (Å²) in [7, 11) is 0. The third kappa shape index (κ3) is 3.24. The molecule has 5 nitrogen and oxygen atoms in total. The van der Waals surface area contributed by atoms with Gasteiger partial charge in [0.05, 0.1) is 11.4 Å². The second kappa shape index (κ2) is 5.96. The van der Waals surface area contributed by atoms with Gasteiger partial charge in [-0.3, -0.25) is 9.59 Å². The van der Waals surface area contributed by atoms with Crippen LogP contribution in [0.25, 0.3) is 10.9 Å². The van der Waals surface area contributed by atoms with Gasteiger partial charge in [0.15, 0.2) is 0 Å². The molecule has 0 spiro atoms. The maximum absolute atomic E-state index is 14.0. The van der Waals surface area contributed by atoms with Crippen LogP contribution in [0.3, 0.4) is 0 Å². The maximum Gasteiger partial charge on any atom is 0.308 e. The first kappa shape index (κ1) is 16.0. The number of carboxylic acids is 1. The zero-order valence-electron chi connectivity index (χ0n) is 12.5. The Kier molecular flexibility index (Phi) is 4.14. The third-order valence-corrected chi connectivity index (χ3v) is 4.48. The van der Waals surface area contributed by atoms with Crippen LogP contribution in [0.2, 0.25) is 0 Å². The molecule has 122 valence electrons. The van der Waals surface area contributed by atoms with Crippen LogP contribution in [0.15, 0.2) is 22.7 Å². The Labute approximate surface area is 140 Å². The number of aromatic nitrogens is 1. The smallest absolute Gasteiger partial charge is 0.308 e. The lowest BCUT2D eigenvalue weighted by atomic mass is 10.1. The number of aromatic amines is 1. The lowest BCUT2D eigenvalue weighted by Gasteiger charge is -2.23. The standard InChI is InChI=1S/C16H16BrFN2O3/c1-8(16(22)23)7-20(10-2-3-10)15(21)14-6-11-12(18)4-9(17)5-13(11)19-14/h4-6,8,10,19H,2-3,7H2,1H3,(H,22,23). The van der Waals surface area contributed by atoms with Crippen LogP contribution in [0, 0.1) is 11.7 Å². The van der Waals surface area contributed by atoms with Crippen molar-refractivity contribution < 1.29 is 19.1 Å². The van der Waals surface area contributed by atoms with E-state index in [4.69, 9.17) is 5.11 Å². The lowest BCUT2D eigenvalue weighted by molar-refractivity contribution is -0.141. The van der Waals surface area contributed by atoms with Gasteiger partial charge in [-0.05, 0) is 31.0 Å². The number of nitrogens with zero attached hydrogens (tertiary/aromatic N) is 1. The van der Waals surface area contributed by atoms with Gasteiger partial charge in [0.1, 0.15) is 11.5 Å². The molecule has 2 aromatic rings. The average Bonchev–Trinajstić information content (AvgIpc) is 3.22. The van der Waals surface area contributed by atoms with E-state index in [9.17, 15) is 14.0 Å². The van der Waals surface area contributed by atoms with Crippen molar-refractivity contribution in [3.8, 4) is 0 Å². The molecule has 1 amide bonds. The van der Waals surface area contributed by atoms with E-state index in [1.807, 2.05) is 0 Å². The minimum absolute atomic E-state index is 0.0762. The molecule has 1 heterocycles. The summed E-state index contributed by atoms with van der Waals surface area (Å²) < 4.78 is 14.5. The molecule has 1 aromatic carbocycles. The molecule has 2 N–H and O–H groups in total. The molecule has 1 aromatic heterocycles. The first-order chi connectivity index (χ1) is 10.9. The normalized spacial score (nSPS) is 15.6. The molecular weight excluding hydrogens is 367 g/mol. The number of benzene rings is 1. The van der Waals surface area contributed by atoms with E-state index in [1.54, 1.807) is 17.9 Å². The van der Waals surface area contributed by atoms with Gasteiger partial charge in [0, 0.05) is 22.4 Å². The monoisotopic (exact) mass is 382 g/mol. The van der Waals surface area contributed by atoms with E-state index in [1.165, 1.54) is 12.1 Å². The molecule has 23 heavy (non-hydrogen) atoms. The van der Waals surface area contributed by atoms with Gasteiger partial charge >= 0.3 is 5.97 Å². The minimum Gasteiger partial charge on any atom is -0.481 e. The number of nitrogens with one attached hydrogen (secondary N) is 1.